The SMILES string of the molecule is CCNc1cc(-c2c(-c3nncn3C)cnn2C)cc(N2Cc3c(cc(C=O)cc3C(F)(F)F)C2=O)n1. The third kappa shape index (κ3) is 4.11. The Bertz CT molecular complexity index is 1540. The fraction of sp³-hybridized carbons (Fsp3) is 0.250. The molecule has 0 radical (unpaired) electrons. The number of fused-ring (bicyclic) bond motifs is 1. The second kappa shape index (κ2) is 8.84. The third-order valence-electron chi connectivity index (χ3n) is 6.12. The molecule has 4 aromatic rings. The first kappa shape index (κ1) is 24.2. The molecule has 1 aliphatic heterocycles. The van der Waals surface area contributed by atoms with Crippen LogP contribution in [0.4, 0.5) is 24.8 Å². The topological polar surface area (TPSA) is 111 Å². The molecule has 13 heteroatoms. The molecule has 0 spiro atoms. The van der Waals surface area contributed by atoms with Crippen molar-refractivity contribution >= 4 is 23.8 Å². The van der Waals surface area contributed by atoms with E-state index in [4.69, 9.17) is 0 Å². The van der Waals surface area contributed by atoms with Crippen LogP contribution in [0.15, 0.2) is 36.8 Å². The number of aryl methyl sites for hydroxylation is 2. The quantitative estimate of drug-likeness (QED) is 0.394. The number of anilines is 2. The highest BCUT2D eigenvalue weighted by molar-refractivity contribution is 6.11. The number of hydrogen-bond acceptors (Lipinski definition) is 7. The molecule has 3 aromatic heterocycles. The number of rotatable bonds is 6. The number of nitrogens with zero attached hydrogens (tertiary/aromatic N) is 7. The molecule has 0 fully saturated rings. The van der Waals surface area contributed by atoms with Crippen molar-refractivity contribution in [1.29, 1.82) is 0 Å². The number of alkyl halides is 3. The number of pyridine rings is 1. The predicted octanol–water partition coefficient (Wildman–Crippen LogP) is 3.70. The summed E-state index contributed by atoms with van der Waals surface area (Å²) in [5.41, 5.74) is 0.347. The molecule has 0 atom stereocenters. The van der Waals surface area contributed by atoms with Gasteiger partial charge in [-0.05, 0) is 36.8 Å². The highest BCUT2D eigenvalue weighted by Crippen LogP contribution is 2.40. The zero-order valence-electron chi connectivity index (χ0n) is 20.0. The normalized spacial score (nSPS) is 13.2. The predicted molar refractivity (Wildman–Crippen MR) is 128 cm³/mol. The molecule has 0 unspecified atom stereocenters. The van der Waals surface area contributed by atoms with E-state index in [0.717, 1.165) is 6.07 Å². The van der Waals surface area contributed by atoms with Crippen molar-refractivity contribution in [3.8, 4) is 22.6 Å². The van der Waals surface area contributed by atoms with Crippen molar-refractivity contribution in [2.45, 2.75) is 19.6 Å². The Hall–Kier alpha value is -4.55. The average molecular weight is 510 g/mol. The monoisotopic (exact) mass is 510 g/mol. The molecule has 190 valence electrons. The molecule has 5 rings (SSSR count). The summed E-state index contributed by atoms with van der Waals surface area (Å²) in [7, 11) is 3.54. The standard InChI is InChI=1S/C24H21F3N8O2/c1-4-28-19-7-14(21-16(9-30-34(21)3)22-32-29-12-33(22)2)8-20(31-19)35-10-17-15(23(35)37)5-13(11-36)6-18(17)24(25,26)27/h5-9,11-12H,4,10H2,1-3H3,(H,28,31). The van der Waals surface area contributed by atoms with Crippen LogP contribution in [0.2, 0.25) is 0 Å². The van der Waals surface area contributed by atoms with Crippen molar-refractivity contribution < 1.29 is 22.8 Å². The van der Waals surface area contributed by atoms with Gasteiger partial charge in [0.25, 0.3) is 5.91 Å². The first-order valence-corrected chi connectivity index (χ1v) is 11.3. The minimum atomic E-state index is -4.73. The number of nitrogens with one attached hydrogen (secondary N) is 1. The number of carbonyl (C=O) groups excluding carboxylic acids is 2. The maximum absolute atomic E-state index is 13.8. The van der Waals surface area contributed by atoms with Crippen LogP contribution in [-0.4, -0.2) is 48.3 Å². The van der Waals surface area contributed by atoms with Crippen LogP contribution in [0.1, 0.15) is 38.8 Å². The summed E-state index contributed by atoms with van der Waals surface area (Å²) >= 11 is 0. The fourth-order valence-electron chi connectivity index (χ4n) is 4.47. The molecule has 0 saturated carbocycles. The van der Waals surface area contributed by atoms with Crippen molar-refractivity contribution in [3.63, 3.8) is 0 Å². The minimum Gasteiger partial charge on any atom is -0.370 e. The molecule has 0 saturated heterocycles. The van der Waals surface area contributed by atoms with E-state index < -0.39 is 17.6 Å². The zero-order chi connectivity index (χ0) is 26.5. The molecule has 4 heterocycles. The van der Waals surface area contributed by atoms with E-state index in [9.17, 15) is 22.8 Å². The van der Waals surface area contributed by atoms with Crippen molar-refractivity contribution in [3.05, 3.63) is 59.0 Å². The van der Waals surface area contributed by atoms with Crippen LogP contribution in [-0.2, 0) is 26.8 Å². The number of aromatic nitrogens is 6. The zero-order valence-corrected chi connectivity index (χ0v) is 20.0. The number of benzene rings is 1. The molecule has 1 amide bonds. The Morgan fingerprint density at radius 2 is 1.92 bits per heavy atom. The maximum Gasteiger partial charge on any atom is 0.416 e. The van der Waals surface area contributed by atoms with Gasteiger partial charge < -0.3 is 9.88 Å². The second-order valence-electron chi connectivity index (χ2n) is 8.53. The van der Waals surface area contributed by atoms with Gasteiger partial charge in [-0.15, -0.1) is 10.2 Å². The van der Waals surface area contributed by atoms with Gasteiger partial charge in [0.2, 0.25) is 0 Å². The van der Waals surface area contributed by atoms with Gasteiger partial charge in [-0.2, -0.15) is 18.3 Å². The van der Waals surface area contributed by atoms with Crippen LogP contribution in [0.3, 0.4) is 0 Å². The number of carbonyl (C=O) groups is 2. The van der Waals surface area contributed by atoms with Gasteiger partial charge in [0, 0.05) is 37.3 Å². The Kier molecular flexibility index (Phi) is 5.77. The lowest BCUT2D eigenvalue weighted by atomic mass is 9.99. The lowest BCUT2D eigenvalue weighted by Crippen LogP contribution is -2.24. The fourth-order valence-corrected chi connectivity index (χ4v) is 4.47. The van der Waals surface area contributed by atoms with Gasteiger partial charge in [-0.3, -0.25) is 19.2 Å². The van der Waals surface area contributed by atoms with Crippen molar-refractivity contribution in [2.75, 3.05) is 16.8 Å². The van der Waals surface area contributed by atoms with Gasteiger partial charge in [-0.25, -0.2) is 4.98 Å². The molecule has 1 aliphatic rings. The largest absolute Gasteiger partial charge is 0.416 e. The minimum absolute atomic E-state index is 0.153. The smallest absolute Gasteiger partial charge is 0.370 e. The van der Waals surface area contributed by atoms with Gasteiger partial charge >= 0.3 is 6.18 Å². The van der Waals surface area contributed by atoms with Gasteiger partial charge in [-0.1, -0.05) is 0 Å². The number of amides is 1. The number of aldehydes is 1. The van der Waals surface area contributed by atoms with Crippen LogP contribution >= 0.6 is 0 Å². The van der Waals surface area contributed by atoms with E-state index in [-0.39, 0.29) is 29.1 Å². The van der Waals surface area contributed by atoms with Crippen LogP contribution < -0.4 is 10.2 Å². The van der Waals surface area contributed by atoms with E-state index in [1.54, 1.807) is 48.0 Å². The van der Waals surface area contributed by atoms with Crippen molar-refractivity contribution in [2.24, 2.45) is 14.1 Å². The molecular formula is C24H21F3N8O2. The Balaban J connectivity index is 1.65. The highest BCUT2D eigenvalue weighted by atomic mass is 19.4. The Morgan fingerprint density at radius 1 is 1.14 bits per heavy atom. The summed E-state index contributed by atoms with van der Waals surface area (Å²) in [5, 5.41) is 15.6. The van der Waals surface area contributed by atoms with Gasteiger partial charge in [0.1, 0.15) is 24.2 Å². The second-order valence-corrected chi connectivity index (χ2v) is 8.53. The van der Waals surface area contributed by atoms with E-state index in [0.29, 0.717) is 41.3 Å². The van der Waals surface area contributed by atoms with E-state index in [1.165, 1.54) is 11.0 Å². The molecule has 1 aromatic carbocycles. The Morgan fingerprint density at radius 3 is 2.57 bits per heavy atom. The van der Waals surface area contributed by atoms with E-state index >= 15 is 0 Å². The first-order valence-electron chi connectivity index (χ1n) is 11.3. The summed E-state index contributed by atoms with van der Waals surface area (Å²) in [5.74, 6) is 0.469. The lowest BCUT2D eigenvalue weighted by Gasteiger charge is -2.18. The van der Waals surface area contributed by atoms with Crippen LogP contribution in [0.25, 0.3) is 22.6 Å². The third-order valence-corrected chi connectivity index (χ3v) is 6.12. The summed E-state index contributed by atoms with van der Waals surface area (Å²) in [6, 6.07) is 5.33. The molecule has 10 nitrogen and oxygen atoms in total. The number of hydrogen-bond donors (Lipinski definition) is 1. The molecule has 1 N–H and O–H groups in total. The van der Waals surface area contributed by atoms with Crippen LogP contribution in [0, 0.1) is 0 Å². The highest BCUT2D eigenvalue weighted by Gasteiger charge is 2.41. The summed E-state index contributed by atoms with van der Waals surface area (Å²) < 4.78 is 44.7. The number of halogens is 3. The molecule has 0 bridgehead atoms. The summed E-state index contributed by atoms with van der Waals surface area (Å²) in [6.45, 7) is 2.05. The van der Waals surface area contributed by atoms with E-state index in [1.807, 2.05) is 6.92 Å². The molecular weight excluding hydrogens is 489 g/mol. The lowest BCUT2D eigenvalue weighted by molar-refractivity contribution is -0.138. The molecule has 37 heavy (non-hydrogen) atoms. The molecule has 0 aliphatic carbocycles. The van der Waals surface area contributed by atoms with Gasteiger partial charge in [0.15, 0.2) is 5.82 Å². The van der Waals surface area contributed by atoms with Crippen LogP contribution in [0.5, 0.6) is 0 Å². The Labute approximate surface area is 208 Å². The van der Waals surface area contributed by atoms with Gasteiger partial charge in [0.05, 0.1) is 29.6 Å². The first-order chi connectivity index (χ1) is 17.6. The summed E-state index contributed by atoms with van der Waals surface area (Å²) in [4.78, 5) is 30.3. The van der Waals surface area contributed by atoms with E-state index in [2.05, 4.69) is 25.6 Å². The average Bonchev–Trinajstić information content (AvgIpc) is 3.54. The maximum atomic E-state index is 13.8. The summed E-state index contributed by atoms with van der Waals surface area (Å²) in [6.07, 6.45) is -1.24. The van der Waals surface area contributed by atoms with Crippen molar-refractivity contribution in [1.82, 2.24) is 29.5 Å².